The summed E-state index contributed by atoms with van der Waals surface area (Å²) in [5, 5.41) is 10.4. The SMILES string of the molecule is CNCc1nnn(CC(F)(F)F)c1C1CCC1. The molecule has 0 aliphatic heterocycles. The van der Waals surface area contributed by atoms with Gasteiger partial charge < -0.3 is 5.32 Å². The lowest BCUT2D eigenvalue weighted by molar-refractivity contribution is -0.143. The van der Waals surface area contributed by atoms with Gasteiger partial charge >= 0.3 is 6.18 Å². The first-order valence-electron chi connectivity index (χ1n) is 5.65. The van der Waals surface area contributed by atoms with Crippen LogP contribution in [0.4, 0.5) is 13.2 Å². The van der Waals surface area contributed by atoms with E-state index in [0.29, 0.717) is 17.9 Å². The Morgan fingerprint density at radius 2 is 2.12 bits per heavy atom. The number of alkyl halides is 3. The molecule has 0 spiro atoms. The zero-order chi connectivity index (χ0) is 12.5. The third-order valence-corrected chi connectivity index (χ3v) is 3.01. The van der Waals surface area contributed by atoms with Crippen LogP contribution in [0.15, 0.2) is 0 Å². The van der Waals surface area contributed by atoms with E-state index in [2.05, 4.69) is 15.6 Å². The van der Waals surface area contributed by atoms with Crippen LogP contribution in [0.1, 0.15) is 36.6 Å². The fourth-order valence-corrected chi connectivity index (χ4v) is 2.06. The molecule has 4 nitrogen and oxygen atoms in total. The molecule has 0 bridgehead atoms. The van der Waals surface area contributed by atoms with Crippen LogP contribution in [-0.2, 0) is 13.1 Å². The fraction of sp³-hybridized carbons (Fsp3) is 0.800. The Balaban J connectivity index is 2.24. The highest BCUT2D eigenvalue weighted by molar-refractivity contribution is 5.18. The zero-order valence-electron chi connectivity index (χ0n) is 9.59. The second-order valence-corrected chi connectivity index (χ2v) is 4.35. The zero-order valence-corrected chi connectivity index (χ0v) is 9.59. The molecule has 1 aromatic rings. The largest absolute Gasteiger partial charge is 0.408 e. The highest BCUT2D eigenvalue weighted by Gasteiger charge is 2.34. The average molecular weight is 248 g/mol. The van der Waals surface area contributed by atoms with E-state index < -0.39 is 12.7 Å². The van der Waals surface area contributed by atoms with Gasteiger partial charge in [-0.3, -0.25) is 0 Å². The summed E-state index contributed by atoms with van der Waals surface area (Å²) in [5.74, 6) is 0.190. The quantitative estimate of drug-likeness (QED) is 0.884. The highest BCUT2D eigenvalue weighted by atomic mass is 19.4. The van der Waals surface area contributed by atoms with Crippen LogP contribution >= 0.6 is 0 Å². The predicted molar refractivity (Wildman–Crippen MR) is 55.4 cm³/mol. The first-order valence-corrected chi connectivity index (χ1v) is 5.65. The number of rotatable bonds is 4. The van der Waals surface area contributed by atoms with Crippen molar-refractivity contribution in [2.75, 3.05) is 7.05 Å². The molecular weight excluding hydrogens is 233 g/mol. The molecule has 1 aliphatic carbocycles. The van der Waals surface area contributed by atoms with E-state index in [0.717, 1.165) is 23.9 Å². The van der Waals surface area contributed by atoms with Gasteiger partial charge in [0.15, 0.2) is 0 Å². The van der Waals surface area contributed by atoms with Crippen molar-refractivity contribution in [1.82, 2.24) is 20.3 Å². The Hall–Kier alpha value is -1.11. The smallest absolute Gasteiger partial charge is 0.314 e. The number of aromatic nitrogens is 3. The topological polar surface area (TPSA) is 42.7 Å². The average Bonchev–Trinajstić information content (AvgIpc) is 2.46. The summed E-state index contributed by atoms with van der Waals surface area (Å²) in [4.78, 5) is 0. The van der Waals surface area contributed by atoms with Crippen LogP contribution in [0.25, 0.3) is 0 Å². The molecule has 7 heteroatoms. The number of hydrogen-bond donors (Lipinski definition) is 1. The number of nitrogens with zero attached hydrogens (tertiary/aromatic N) is 3. The fourth-order valence-electron chi connectivity index (χ4n) is 2.06. The maximum atomic E-state index is 12.4. The Labute approximate surface area is 97.2 Å². The van der Waals surface area contributed by atoms with Crippen LogP contribution < -0.4 is 5.32 Å². The molecule has 1 saturated carbocycles. The highest BCUT2D eigenvalue weighted by Crippen LogP contribution is 2.38. The van der Waals surface area contributed by atoms with Crippen LogP contribution in [0.3, 0.4) is 0 Å². The maximum absolute atomic E-state index is 12.4. The van der Waals surface area contributed by atoms with Crippen molar-refractivity contribution in [3.05, 3.63) is 11.4 Å². The number of nitrogens with one attached hydrogen (secondary N) is 1. The molecule has 0 aromatic carbocycles. The van der Waals surface area contributed by atoms with Crippen molar-refractivity contribution < 1.29 is 13.2 Å². The summed E-state index contributed by atoms with van der Waals surface area (Å²) in [6, 6.07) is 0. The summed E-state index contributed by atoms with van der Waals surface area (Å²) in [7, 11) is 1.74. The molecule has 1 N–H and O–H groups in total. The van der Waals surface area contributed by atoms with Crippen molar-refractivity contribution in [2.45, 2.75) is 44.4 Å². The maximum Gasteiger partial charge on any atom is 0.408 e. The molecule has 1 aromatic heterocycles. The molecule has 17 heavy (non-hydrogen) atoms. The van der Waals surface area contributed by atoms with Gasteiger partial charge in [-0.25, -0.2) is 4.68 Å². The van der Waals surface area contributed by atoms with E-state index in [4.69, 9.17) is 0 Å². The van der Waals surface area contributed by atoms with Gasteiger partial charge in [0, 0.05) is 12.5 Å². The van der Waals surface area contributed by atoms with Gasteiger partial charge in [0.1, 0.15) is 6.54 Å². The van der Waals surface area contributed by atoms with Crippen molar-refractivity contribution in [2.24, 2.45) is 0 Å². The molecule has 1 fully saturated rings. The lowest BCUT2D eigenvalue weighted by Gasteiger charge is -2.26. The van der Waals surface area contributed by atoms with E-state index in [9.17, 15) is 13.2 Å². The molecule has 96 valence electrons. The van der Waals surface area contributed by atoms with Crippen molar-refractivity contribution in [1.29, 1.82) is 0 Å². The summed E-state index contributed by atoms with van der Waals surface area (Å²) in [6.45, 7) is -0.584. The summed E-state index contributed by atoms with van der Waals surface area (Å²) < 4.78 is 38.2. The molecule has 0 saturated heterocycles. The Kier molecular flexibility index (Phi) is 3.37. The van der Waals surface area contributed by atoms with Crippen LogP contribution in [0, 0.1) is 0 Å². The Morgan fingerprint density at radius 1 is 1.41 bits per heavy atom. The summed E-state index contributed by atoms with van der Waals surface area (Å²) in [5.41, 5.74) is 1.30. The minimum Gasteiger partial charge on any atom is -0.314 e. The van der Waals surface area contributed by atoms with Gasteiger partial charge in [-0.1, -0.05) is 11.6 Å². The molecule has 0 unspecified atom stereocenters. The van der Waals surface area contributed by atoms with Gasteiger partial charge in [0.05, 0.1) is 11.4 Å². The second kappa shape index (κ2) is 4.64. The van der Waals surface area contributed by atoms with Gasteiger partial charge in [-0.2, -0.15) is 13.2 Å². The van der Waals surface area contributed by atoms with Crippen LogP contribution in [0.5, 0.6) is 0 Å². The molecule has 1 aliphatic rings. The Morgan fingerprint density at radius 3 is 2.59 bits per heavy atom. The molecular formula is C10H15F3N4. The predicted octanol–water partition coefficient (Wildman–Crippen LogP) is 1.83. The van der Waals surface area contributed by atoms with Crippen LogP contribution in [-0.4, -0.2) is 28.2 Å². The lowest BCUT2D eigenvalue weighted by atomic mass is 9.82. The molecule has 1 heterocycles. The van der Waals surface area contributed by atoms with E-state index in [-0.39, 0.29) is 5.92 Å². The lowest BCUT2D eigenvalue weighted by Crippen LogP contribution is -2.24. The van der Waals surface area contributed by atoms with Gasteiger partial charge in [0.2, 0.25) is 0 Å². The van der Waals surface area contributed by atoms with Crippen molar-refractivity contribution >= 4 is 0 Å². The number of halogens is 3. The van der Waals surface area contributed by atoms with Gasteiger partial charge in [-0.05, 0) is 19.9 Å². The molecule has 0 atom stereocenters. The first-order chi connectivity index (χ1) is 8.01. The van der Waals surface area contributed by atoms with E-state index in [1.807, 2.05) is 0 Å². The normalized spacial score (nSPS) is 17.2. The third-order valence-electron chi connectivity index (χ3n) is 3.01. The van der Waals surface area contributed by atoms with Gasteiger partial charge in [0.25, 0.3) is 0 Å². The third kappa shape index (κ3) is 2.77. The van der Waals surface area contributed by atoms with E-state index in [1.54, 1.807) is 7.05 Å². The molecule has 2 rings (SSSR count). The molecule has 0 radical (unpaired) electrons. The minimum absolute atomic E-state index is 0.190. The van der Waals surface area contributed by atoms with Crippen molar-refractivity contribution in [3.8, 4) is 0 Å². The monoisotopic (exact) mass is 248 g/mol. The molecule has 0 amide bonds. The first kappa shape index (κ1) is 12.3. The summed E-state index contributed by atoms with van der Waals surface area (Å²) in [6.07, 6.45) is -1.31. The van der Waals surface area contributed by atoms with E-state index in [1.165, 1.54) is 0 Å². The number of hydrogen-bond acceptors (Lipinski definition) is 3. The minimum atomic E-state index is -4.25. The van der Waals surface area contributed by atoms with Crippen molar-refractivity contribution in [3.63, 3.8) is 0 Å². The van der Waals surface area contributed by atoms with Crippen LogP contribution in [0.2, 0.25) is 0 Å². The summed E-state index contributed by atoms with van der Waals surface area (Å²) >= 11 is 0. The second-order valence-electron chi connectivity index (χ2n) is 4.35. The Bertz CT molecular complexity index is 381. The van der Waals surface area contributed by atoms with E-state index >= 15 is 0 Å². The standard InChI is InChI=1S/C10H15F3N4/c1-14-5-8-9(7-3-2-4-7)17(16-15-8)6-10(11,12)13/h7,14H,2-6H2,1H3. The van der Waals surface area contributed by atoms with Gasteiger partial charge in [-0.15, -0.1) is 5.10 Å².